The number of likely N-dealkylation sites (N-methyl/N-ethyl adjacent to an activating group) is 1. The molecule has 0 amide bonds. The van der Waals surface area contributed by atoms with Crippen LogP contribution in [0.5, 0.6) is 5.75 Å². The van der Waals surface area contributed by atoms with Crippen molar-refractivity contribution in [3.8, 4) is 5.75 Å². The Morgan fingerprint density at radius 2 is 2.12 bits per heavy atom. The molecular weight excluding hydrogens is 242 g/mol. The highest BCUT2D eigenvalue weighted by Crippen LogP contribution is 2.24. The Balaban J connectivity index is 2.72. The van der Waals surface area contributed by atoms with Gasteiger partial charge in [0.25, 0.3) is 0 Å². The van der Waals surface area contributed by atoms with Gasteiger partial charge in [-0.3, -0.25) is 0 Å². The Morgan fingerprint density at radius 1 is 1.47 bits per heavy atom. The van der Waals surface area contributed by atoms with Gasteiger partial charge in [0.05, 0.1) is 12.1 Å². The van der Waals surface area contributed by atoms with Gasteiger partial charge in [0.15, 0.2) is 0 Å². The number of esters is 1. The van der Waals surface area contributed by atoms with Crippen LogP contribution in [0.1, 0.15) is 6.92 Å². The SMILES string of the molecule is CNC(C)(COc1ccccc1Cl)C(=O)OC. The molecule has 4 nitrogen and oxygen atoms in total. The van der Waals surface area contributed by atoms with Crippen LogP contribution in [0, 0.1) is 0 Å². The minimum absolute atomic E-state index is 0.139. The van der Waals surface area contributed by atoms with Gasteiger partial charge in [0.2, 0.25) is 0 Å². The van der Waals surface area contributed by atoms with E-state index < -0.39 is 5.54 Å². The molecule has 1 N–H and O–H groups in total. The predicted molar refractivity (Wildman–Crippen MR) is 66.4 cm³/mol. The molecule has 0 saturated heterocycles. The molecule has 0 aliphatic carbocycles. The smallest absolute Gasteiger partial charge is 0.329 e. The van der Waals surface area contributed by atoms with Crippen LogP contribution in [0.15, 0.2) is 24.3 Å². The number of nitrogens with one attached hydrogen (secondary N) is 1. The van der Waals surface area contributed by atoms with Crippen molar-refractivity contribution in [2.75, 3.05) is 20.8 Å². The highest BCUT2D eigenvalue weighted by molar-refractivity contribution is 6.32. The van der Waals surface area contributed by atoms with E-state index in [1.165, 1.54) is 7.11 Å². The number of ether oxygens (including phenoxy) is 2. The molecule has 0 fully saturated rings. The van der Waals surface area contributed by atoms with Crippen molar-refractivity contribution >= 4 is 17.6 Å². The van der Waals surface area contributed by atoms with Gasteiger partial charge in [-0.05, 0) is 26.1 Å². The summed E-state index contributed by atoms with van der Waals surface area (Å²) >= 11 is 5.95. The number of halogens is 1. The van der Waals surface area contributed by atoms with Crippen LogP contribution in [0.25, 0.3) is 0 Å². The zero-order valence-electron chi connectivity index (χ0n) is 10.1. The summed E-state index contributed by atoms with van der Waals surface area (Å²) in [7, 11) is 3.01. The summed E-state index contributed by atoms with van der Waals surface area (Å²) < 4.78 is 10.2. The Labute approximate surface area is 106 Å². The lowest BCUT2D eigenvalue weighted by atomic mass is 10.1. The van der Waals surface area contributed by atoms with Crippen LogP contribution < -0.4 is 10.1 Å². The normalized spacial score (nSPS) is 13.9. The Hall–Kier alpha value is -1.26. The zero-order valence-corrected chi connectivity index (χ0v) is 10.9. The lowest BCUT2D eigenvalue weighted by molar-refractivity contribution is -0.148. The summed E-state index contributed by atoms with van der Waals surface area (Å²) in [6.07, 6.45) is 0. The Bertz CT molecular complexity index is 397. The van der Waals surface area contributed by atoms with Crippen molar-refractivity contribution in [1.29, 1.82) is 0 Å². The summed E-state index contributed by atoms with van der Waals surface area (Å²) in [5.41, 5.74) is -0.895. The number of rotatable bonds is 5. The molecule has 0 heterocycles. The number of methoxy groups -OCH3 is 1. The maximum absolute atomic E-state index is 11.6. The molecule has 0 bridgehead atoms. The molecular formula is C12H16ClNO3. The summed E-state index contributed by atoms with van der Waals surface area (Å²) in [6.45, 7) is 1.84. The van der Waals surface area contributed by atoms with Gasteiger partial charge in [-0.25, -0.2) is 4.79 Å². The van der Waals surface area contributed by atoms with Crippen LogP contribution in [0.4, 0.5) is 0 Å². The van der Waals surface area contributed by atoms with Gasteiger partial charge in [-0.15, -0.1) is 0 Å². The number of carbonyl (C=O) groups is 1. The van der Waals surface area contributed by atoms with E-state index >= 15 is 0 Å². The fourth-order valence-electron chi connectivity index (χ4n) is 1.24. The van der Waals surface area contributed by atoms with Crippen LogP contribution in [-0.2, 0) is 9.53 Å². The van der Waals surface area contributed by atoms with E-state index in [9.17, 15) is 4.79 Å². The second-order valence-corrected chi connectivity index (χ2v) is 4.20. The van der Waals surface area contributed by atoms with Crippen molar-refractivity contribution in [1.82, 2.24) is 5.32 Å². The van der Waals surface area contributed by atoms with Crippen LogP contribution in [-0.4, -0.2) is 32.3 Å². The van der Waals surface area contributed by atoms with Gasteiger partial charge < -0.3 is 14.8 Å². The van der Waals surface area contributed by atoms with E-state index in [-0.39, 0.29) is 12.6 Å². The number of hydrogen-bond acceptors (Lipinski definition) is 4. The molecule has 1 atom stereocenters. The first kappa shape index (κ1) is 13.8. The van der Waals surface area contributed by atoms with Crippen LogP contribution in [0.3, 0.4) is 0 Å². The van der Waals surface area contributed by atoms with Crippen molar-refractivity contribution in [3.05, 3.63) is 29.3 Å². The quantitative estimate of drug-likeness (QED) is 0.818. The lowest BCUT2D eigenvalue weighted by Crippen LogP contribution is -2.52. The van der Waals surface area contributed by atoms with Gasteiger partial charge in [-0.2, -0.15) is 0 Å². The van der Waals surface area contributed by atoms with Crippen molar-refractivity contribution in [2.24, 2.45) is 0 Å². The number of hydrogen-bond donors (Lipinski definition) is 1. The second-order valence-electron chi connectivity index (χ2n) is 3.79. The molecule has 0 saturated carbocycles. The number of para-hydroxylation sites is 1. The molecule has 1 aromatic carbocycles. The maximum atomic E-state index is 11.6. The number of benzene rings is 1. The lowest BCUT2D eigenvalue weighted by Gasteiger charge is -2.26. The van der Waals surface area contributed by atoms with E-state index in [0.717, 1.165) is 0 Å². The fraction of sp³-hybridized carbons (Fsp3) is 0.417. The monoisotopic (exact) mass is 257 g/mol. The first-order valence-electron chi connectivity index (χ1n) is 5.18. The van der Waals surface area contributed by atoms with Gasteiger partial charge >= 0.3 is 5.97 Å². The van der Waals surface area contributed by atoms with Crippen LogP contribution in [0.2, 0.25) is 5.02 Å². The maximum Gasteiger partial charge on any atom is 0.329 e. The Kier molecular flexibility index (Phi) is 4.78. The number of carbonyl (C=O) groups excluding carboxylic acids is 1. The highest BCUT2D eigenvalue weighted by Gasteiger charge is 2.33. The molecule has 1 rings (SSSR count). The first-order chi connectivity index (χ1) is 8.03. The summed E-state index contributed by atoms with van der Waals surface area (Å²) in [6, 6.07) is 7.10. The third-order valence-corrected chi connectivity index (χ3v) is 2.85. The predicted octanol–water partition coefficient (Wildman–Crippen LogP) is 1.87. The summed E-state index contributed by atoms with van der Waals surface area (Å²) in [5, 5.41) is 3.39. The van der Waals surface area contributed by atoms with Gasteiger partial charge in [0, 0.05) is 0 Å². The average molecular weight is 258 g/mol. The molecule has 0 aliphatic heterocycles. The van der Waals surface area contributed by atoms with Crippen molar-refractivity contribution in [3.63, 3.8) is 0 Å². The highest BCUT2D eigenvalue weighted by atomic mass is 35.5. The standard InChI is InChI=1S/C12H16ClNO3/c1-12(14-2,11(15)16-3)8-17-10-7-5-4-6-9(10)13/h4-7,14H,8H2,1-3H3. The molecule has 17 heavy (non-hydrogen) atoms. The summed E-state index contributed by atoms with van der Waals surface area (Å²) in [5.74, 6) is 0.159. The van der Waals surface area contributed by atoms with E-state index in [1.54, 1.807) is 26.1 Å². The van der Waals surface area contributed by atoms with E-state index in [4.69, 9.17) is 21.1 Å². The minimum atomic E-state index is -0.895. The fourth-order valence-corrected chi connectivity index (χ4v) is 1.43. The van der Waals surface area contributed by atoms with Crippen molar-refractivity contribution < 1.29 is 14.3 Å². The molecule has 1 aromatic rings. The van der Waals surface area contributed by atoms with E-state index in [0.29, 0.717) is 10.8 Å². The van der Waals surface area contributed by atoms with Crippen molar-refractivity contribution in [2.45, 2.75) is 12.5 Å². The first-order valence-corrected chi connectivity index (χ1v) is 5.56. The van der Waals surface area contributed by atoms with Crippen LogP contribution >= 0.6 is 11.6 Å². The third-order valence-electron chi connectivity index (χ3n) is 2.54. The summed E-state index contributed by atoms with van der Waals surface area (Å²) in [4.78, 5) is 11.6. The minimum Gasteiger partial charge on any atom is -0.489 e. The molecule has 0 aliphatic rings. The second kappa shape index (κ2) is 5.89. The molecule has 1 unspecified atom stereocenters. The molecule has 0 radical (unpaired) electrons. The van der Waals surface area contributed by atoms with E-state index in [1.807, 2.05) is 12.1 Å². The molecule has 5 heteroatoms. The topological polar surface area (TPSA) is 47.6 Å². The largest absolute Gasteiger partial charge is 0.489 e. The van der Waals surface area contributed by atoms with Gasteiger partial charge in [-0.1, -0.05) is 23.7 Å². The Morgan fingerprint density at radius 3 is 2.65 bits per heavy atom. The van der Waals surface area contributed by atoms with E-state index in [2.05, 4.69) is 5.32 Å². The third kappa shape index (κ3) is 3.35. The zero-order chi connectivity index (χ0) is 12.9. The van der Waals surface area contributed by atoms with Gasteiger partial charge in [0.1, 0.15) is 17.9 Å². The molecule has 94 valence electrons. The average Bonchev–Trinajstić information content (AvgIpc) is 2.36. The molecule has 0 aromatic heterocycles. The molecule has 0 spiro atoms.